The summed E-state index contributed by atoms with van der Waals surface area (Å²) < 4.78 is 43.1. The Balaban J connectivity index is 1.45. The average Bonchev–Trinajstić information content (AvgIpc) is 3.76. The topological polar surface area (TPSA) is 164 Å². The number of methoxy groups -OCH3 is 2. The molecule has 3 aromatic carbocycles. The summed E-state index contributed by atoms with van der Waals surface area (Å²) in [4.78, 5) is 34.2. The van der Waals surface area contributed by atoms with E-state index in [0.717, 1.165) is 48.7 Å². The number of aliphatic hydroxyl groups is 2. The van der Waals surface area contributed by atoms with Gasteiger partial charge >= 0.3 is 6.09 Å². The molecule has 7 rings (SSSR count). The van der Waals surface area contributed by atoms with Crippen LogP contribution >= 0.6 is 0 Å². The third-order valence-electron chi connectivity index (χ3n) is 12.2. The summed E-state index contributed by atoms with van der Waals surface area (Å²) in [5.74, 6) is 0.817. The zero-order valence-corrected chi connectivity index (χ0v) is 36.9. The van der Waals surface area contributed by atoms with Gasteiger partial charge in [-0.15, -0.1) is 6.58 Å². The standard InChI is InChI=1S/C49H60N2O12/c1-7-22-60-49-44(51(47(55)57-6)28-31-14-17-42-43(23-31)59-30-58-42)27-39(50-63-48(2,3)4)37-25-32(12-8-10-20-52)36(13-9-11-21-53)45(46(37)49)38-26-35(16-19-41(38)62-49)61-34-15-18-40(56-5)33(24-34)29-54/h7,14-19,23-26,29,32,36,44-46,52-53H,1,8-13,20-22,27-28,30H2,2-6H3/t32-,36+,44-,45+,46+,49+/m0/s1. The van der Waals surface area contributed by atoms with Gasteiger partial charge in [0.2, 0.25) is 12.6 Å². The van der Waals surface area contributed by atoms with E-state index in [2.05, 4.69) is 12.7 Å². The van der Waals surface area contributed by atoms with Crippen LogP contribution in [0.5, 0.6) is 34.5 Å². The van der Waals surface area contributed by atoms with E-state index in [9.17, 15) is 19.8 Å². The lowest BCUT2D eigenvalue weighted by molar-refractivity contribution is -0.256. The maximum absolute atomic E-state index is 14.3. The van der Waals surface area contributed by atoms with E-state index in [1.165, 1.54) is 14.2 Å². The van der Waals surface area contributed by atoms with E-state index in [-0.39, 0.29) is 57.3 Å². The van der Waals surface area contributed by atoms with Crippen molar-refractivity contribution in [3.05, 3.63) is 95.6 Å². The highest BCUT2D eigenvalue weighted by atomic mass is 16.7. The molecule has 63 heavy (non-hydrogen) atoms. The van der Waals surface area contributed by atoms with Crippen LogP contribution in [0.1, 0.15) is 93.1 Å². The number of benzene rings is 3. The number of aldehydes is 1. The number of rotatable bonds is 19. The van der Waals surface area contributed by atoms with Crippen molar-refractivity contribution in [2.24, 2.45) is 22.9 Å². The SMILES string of the molecule is C=CCO[C@@]12Oc3ccc(Oc4ccc(OC)c(C=O)c4)cc3[C@H]3[C@H](CCCCO)[C@@H](CCCCO)C=C(C(=NOC(C)(C)C)C[C@@H]1N(Cc1ccc4c(c1)OCO4)C(=O)OC)[C@H]32. The van der Waals surface area contributed by atoms with Gasteiger partial charge < -0.3 is 48.2 Å². The van der Waals surface area contributed by atoms with Crippen LogP contribution in [0, 0.1) is 17.8 Å². The molecule has 3 aromatic rings. The van der Waals surface area contributed by atoms with Crippen molar-refractivity contribution in [1.29, 1.82) is 0 Å². The molecule has 1 saturated carbocycles. The number of amides is 1. The van der Waals surface area contributed by atoms with Crippen LogP contribution in [0.25, 0.3) is 0 Å². The van der Waals surface area contributed by atoms with Gasteiger partial charge in [-0.1, -0.05) is 36.2 Å². The van der Waals surface area contributed by atoms with Crippen LogP contribution in [-0.4, -0.2) is 91.5 Å². The Morgan fingerprint density at radius 2 is 1.68 bits per heavy atom. The highest BCUT2D eigenvalue weighted by Crippen LogP contribution is 2.62. The Morgan fingerprint density at radius 1 is 0.952 bits per heavy atom. The minimum Gasteiger partial charge on any atom is -0.496 e. The molecule has 2 aliphatic heterocycles. The Hall–Kier alpha value is -5.57. The van der Waals surface area contributed by atoms with Gasteiger partial charge in [0.15, 0.2) is 17.8 Å². The second kappa shape index (κ2) is 19.9. The van der Waals surface area contributed by atoms with E-state index in [1.54, 1.807) is 29.2 Å². The quantitative estimate of drug-likeness (QED) is 0.0511. The van der Waals surface area contributed by atoms with Crippen molar-refractivity contribution in [2.45, 2.75) is 95.6 Å². The number of allylic oxidation sites excluding steroid dienone is 1. The number of ether oxygens (including phenoxy) is 7. The molecular weight excluding hydrogens is 809 g/mol. The first kappa shape index (κ1) is 45.5. The molecular formula is C49H60N2O12. The van der Waals surface area contributed by atoms with Crippen molar-refractivity contribution in [2.75, 3.05) is 40.8 Å². The minimum absolute atomic E-state index is 0.0137. The fourth-order valence-corrected chi connectivity index (χ4v) is 9.56. The number of carbonyl (C=O) groups is 2. The van der Waals surface area contributed by atoms with E-state index in [0.29, 0.717) is 58.6 Å². The van der Waals surface area contributed by atoms with Gasteiger partial charge in [-0.2, -0.15) is 0 Å². The molecule has 6 atom stereocenters. The molecule has 0 spiro atoms. The van der Waals surface area contributed by atoms with Gasteiger partial charge in [0.1, 0.15) is 34.6 Å². The summed E-state index contributed by atoms with van der Waals surface area (Å²) in [7, 11) is 2.87. The summed E-state index contributed by atoms with van der Waals surface area (Å²) >= 11 is 0. The normalized spacial score (nSPS) is 23.7. The maximum Gasteiger partial charge on any atom is 0.410 e. The number of unbranched alkanes of at least 4 members (excludes halogenated alkanes) is 2. The molecule has 14 heteroatoms. The van der Waals surface area contributed by atoms with E-state index >= 15 is 0 Å². The molecule has 2 aliphatic carbocycles. The number of hydrogen-bond acceptors (Lipinski definition) is 13. The fraction of sp³-hybridized carbons (Fsp3) is 0.490. The lowest BCUT2D eigenvalue weighted by Crippen LogP contribution is -2.70. The van der Waals surface area contributed by atoms with Crippen LogP contribution in [-0.2, 0) is 20.9 Å². The maximum atomic E-state index is 14.3. The Bertz CT molecular complexity index is 2180. The van der Waals surface area contributed by atoms with Crippen molar-refractivity contribution in [1.82, 2.24) is 4.90 Å². The zero-order chi connectivity index (χ0) is 44.7. The number of fused-ring (bicyclic) bond motifs is 3. The van der Waals surface area contributed by atoms with Crippen molar-refractivity contribution < 1.29 is 57.8 Å². The summed E-state index contributed by atoms with van der Waals surface area (Å²) in [5.41, 5.74) is 2.92. The highest BCUT2D eigenvalue weighted by Gasteiger charge is 2.65. The van der Waals surface area contributed by atoms with Gasteiger partial charge in [0.25, 0.3) is 0 Å². The Labute approximate surface area is 369 Å². The molecule has 0 unspecified atom stereocenters. The van der Waals surface area contributed by atoms with Gasteiger partial charge in [0.05, 0.1) is 38.0 Å². The molecule has 1 amide bonds. The third kappa shape index (κ3) is 9.68. The van der Waals surface area contributed by atoms with Crippen molar-refractivity contribution in [3.63, 3.8) is 0 Å². The predicted molar refractivity (Wildman–Crippen MR) is 235 cm³/mol. The zero-order valence-electron chi connectivity index (χ0n) is 36.9. The lowest BCUT2D eigenvalue weighted by Gasteiger charge is -2.59. The predicted octanol–water partition coefficient (Wildman–Crippen LogP) is 8.73. The fourth-order valence-electron chi connectivity index (χ4n) is 9.56. The molecule has 0 radical (unpaired) electrons. The van der Waals surface area contributed by atoms with Gasteiger partial charge in [-0.3, -0.25) is 9.69 Å². The second-order valence-electron chi connectivity index (χ2n) is 17.4. The van der Waals surface area contributed by atoms with E-state index < -0.39 is 29.4 Å². The smallest absolute Gasteiger partial charge is 0.410 e. The van der Waals surface area contributed by atoms with E-state index in [4.69, 9.17) is 43.2 Å². The monoisotopic (exact) mass is 868 g/mol. The van der Waals surface area contributed by atoms with Crippen LogP contribution in [0.4, 0.5) is 4.79 Å². The number of oxime groups is 1. The summed E-state index contributed by atoms with van der Waals surface area (Å²) in [6, 6.07) is 15.5. The second-order valence-corrected chi connectivity index (χ2v) is 17.4. The number of carbonyl (C=O) groups excluding carboxylic acids is 2. The molecule has 4 aliphatic rings. The first-order valence-corrected chi connectivity index (χ1v) is 21.8. The van der Waals surface area contributed by atoms with Crippen LogP contribution in [0.3, 0.4) is 0 Å². The van der Waals surface area contributed by atoms with Crippen molar-refractivity contribution in [3.8, 4) is 34.5 Å². The minimum atomic E-state index is -1.51. The molecule has 2 N–H and O–H groups in total. The average molecular weight is 869 g/mol. The van der Waals surface area contributed by atoms with Gasteiger partial charge in [-0.25, -0.2) is 4.79 Å². The molecule has 2 heterocycles. The van der Waals surface area contributed by atoms with Gasteiger partial charge in [-0.05, 0) is 118 Å². The lowest BCUT2D eigenvalue weighted by atomic mass is 9.55. The molecule has 0 saturated heterocycles. The van der Waals surface area contributed by atoms with Crippen LogP contribution < -0.4 is 23.7 Å². The molecule has 0 aromatic heterocycles. The molecule has 1 fully saturated rings. The Morgan fingerprint density at radius 3 is 2.40 bits per heavy atom. The molecule has 14 nitrogen and oxygen atoms in total. The summed E-state index contributed by atoms with van der Waals surface area (Å²) in [6.07, 6.45) is 8.66. The van der Waals surface area contributed by atoms with E-state index in [1.807, 2.05) is 57.2 Å². The highest BCUT2D eigenvalue weighted by molar-refractivity contribution is 6.03. The summed E-state index contributed by atoms with van der Waals surface area (Å²) in [5, 5.41) is 24.8. The Kier molecular flexibility index (Phi) is 14.3. The molecule has 338 valence electrons. The van der Waals surface area contributed by atoms with Crippen molar-refractivity contribution >= 4 is 18.1 Å². The van der Waals surface area contributed by atoms with Crippen LogP contribution in [0.15, 0.2) is 84.1 Å². The van der Waals surface area contributed by atoms with Crippen LogP contribution in [0.2, 0.25) is 0 Å². The summed E-state index contributed by atoms with van der Waals surface area (Å²) in [6.45, 7) is 10.3. The number of nitrogens with zero attached hydrogens (tertiary/aromatic N) is 2. The number of hydrogen-bond donors (Lipinski definition) is 2. The van der Waals surface area contributed by atoms with Gasteiger partial charge in [0, 0.05) is 37.7 Å². The first-order chi connectivity index (χ1) is 30.5. The molecule has 0 bridgehead atoms. The first-order valence-electron chi connectivity index (χ1n) is 21.8. The largest absolute Gasteiger partial charge is 0.496 e. The third-order valence-corrected chi connectivity index (χ3v) is 12.2. The number of aliphatic hydroxyl groups excluding tert-OH is 2.